The Balaban J connectivity index is 2.31. The van der Waals surface area contributed by atoms with E-state index in [1.54, 1.807) is 0 Å². The molecule has 1 heterocycles. The van der Waals surface area contributed by atoms with Crippen molar-refractivity contribution in [2.75, 3.05) is 26.8 Å². The quantitative estimate of drug-likeness (QED) is 0.607. The van der Waals surface area contributed by atoms with Gasteiger partial charge in [0.1, 0.15) is 0 Å². The van der Waals surface area contributed by atoms with Crippen LogP contribution in [0.5, 0.6) is 0 Å². The molecule has 15 heavy (non-hydrogen) atoms. The maximum atomic E-state index is 10.8. The summed E-state index contributed by atoms with van der Waals surface area (Å²) < 4.78 is 5.29. The predicted octanol–water partition coefficient (Wildman–Crippen LogP) is 0.0594. The number of urea groups is 1. The van der Waals surface area contributed by atoms with Crippen LogP contribution in [0.3, 0.4) is 0 Å². The number of hydrogen-bond acceptors (Lipinski definition) is 3. The van der Waals surface area contributed by atoms with Gasteiger partial charge in [-0.25, -0.2) is 4.79 Å². The van der Waals surface area contributed by atoms with Gasteiger partial charge >= 0.3 is 6.03 Å². The lowest BCUT2D eigenvalue weighted by Crippen LogP contribution is -2.45. The summed E-state index contributed by atoms with van der Waals surface area (Å²) in [7, 11) is 1.87. The fourth-order valence-corrected chi connectivity index (χ4v) is 2.03. The maximum Gasteiger partial charge on any atom is 0.312 e. The van der Waals surface area contributed by atoms with Crippen molar-refractivity contribution in [2.45, 2.75) is 25.3 Å². The van der Waals surface area contributed by atoms with Gasteiger partial charge in [0.15, 0.2) is 0 Å². The summed E-state index contributed by atoms with van der Waals surface area (Å²) in [6.45, 7) is 2.45. The van der Waals surface area contributed by atoms with E-state index in [1.807, 2.05) is 7.05 Å². The molecule has 1 atom stereocenters. The Kier molecular flexibility index (Phi) is 5.42. The molecule has 0 aromatic rings. The second-order valence-electron chi connectivity index (χ2n) is 4.05. The highest BCUT2D eigenvalue weighted by Crippen LogP contribution is 2.19. The van der Waals surface area contributed by atoms with E-state index in [1.165, 1.54) is 0 Å². The lowest BCUT2D eigenvalue weighted by atomic mass is 9.92. The zero-order chi connectivity index (χ0) is 11.1. The molecule has 5 heteroatoms. The van der Waals surface area contributed by atoms with Crippen LogP contribution in [0, 0.1) is 5.92 Å². The lowest BCUT2D eigenvalue weighted by molar-refractivity contribution is 0.0610. The molecule has 0 unspecified atom stereocenters. The second kappa shape index (κ2) is 6.63. The molecule has 1 rings (SSSR count). The van der Waals surface area contributed by atoms with E-state index in [-0.39, 0.29) is 6.04 Å². The topological polar surface area (TPSA) is 76.4 Å². The number of carbonyl (C=O) groups is 1. The molecule has 4 N–H and O–H groups in total. The normalized spacial score (nSPS) is 19.8. The van der Waals surface area contributed by atoms with Gasteiger partial charge in [-0.3, -0.25) is 0 Å². The highest BCUT2D eigenvalue weighted by Gasteiger charge is 2.19. The molecule has 0 aromatic heterocycles. The number of nitrogens with two attached hydrogens (primary N) is 1. The summed E-state index contributed by atoms with van der Waals surface area (Å²) in [5.41, 5.74) is 5.13. The van der Waals surface area contributed by atoms with Gasteiger partial charge in [-0.05, 0) is 32.2 Å². The van der Waals surface area contributed by atoms with Crippen LogP contribution in [0.4, 0.5) is 4.79 Å². The van der Waals surface area contributed by atoms with Crippen molar-refractivity contribution in [1.29, 1.82) is 0 Å². The molecule has 0 bridgehead atoms. The molecule has 0 radical (unpaired) electrons. The molecule has 1 fully saturated rings. The van der Waals surface area contributed by atoms with Gasteiger partial charge in [-0.1, -0.05) is 0 Å². The predicted molar refractivity (Wildman–Crippen MR) is 58.6 cm³/mol. The summed E-state index contributed by atoms with van der Waals surface area (Å²) in [6.07, 6.45) is 3.15. The maximum absolute atomic E-state index is 10.8. The van der Waals surface area contributed by atoms with Crippen molar-refractivity contribution < 1.29 is 9.53 Å². The molecule has 5 nitrogen and oxygen atoms in total. The number of hydrogen-bond donors (Lipinski definition) is 3. The van der Waals surface area contributed by atoms with Crippen LogP contribution in [0.2, 0.25) is 0 Å². The van der Waals surface area contributed by atoms with Gasteiger partial charge in [0.05, 0.1) is 0 Å². The van der Waals surface area contributed by atoms with Gasteiger partial charge in [-0.2, -0.15) is 0 Å². The molecule has 2 amide bonds. The van der Waals surface area contributed by atoms with Crippen molar-refractivity contribution in [3.8, 4) is 0 Å². The molecular weight excluding hydrogens is 194 g/mol. The Bertz CT molecular complexity index is 193. The van der Waals surface area contributed by atoms with Crippen LogP contribution in [0.15, 0.2) is 0 Å². The second-order valence-corrected chi connectivity index (χ2v) is 4.05. The molecule has 1 aliphatic rings. The number of carbonyl (C=O) groups excluding carboxylic acids is 1. The number of amides is 2. The van der Waals surface area contributed by atoms with Crippen molar-refractivity contribution in [2.24, 2.45) is 11.7 Å². The van der Waals surface area contributed by atoms with Gasteiger partial charge in [0.2, 0.25) is 0 Å². The number of rotatable bonds is 5. The van der Waals surface area contributed by atoms with Crippen LogP contribution in [0.25, 0.3) is 0 Å². The van der Waals surface area contributed by atoms with Gasteiger partial charge in [-0.15, -0.1) is 0 Å². The van der Waals surface area contributed by atoms with E-state index >= 15 is 0 Å². The third kappa shape index (κ3) is 4.99. The van der Waals surface area contributed by atoms with Crippen LogP contribution in [0.1, 0.15) is 19.3 Å². The highest BCUT2D eigenvalue weighted by atomic mass is 16.5. The highest BCUT2D eigenvalue weighted by molar-refractivity contribution is 5.71. The summed E-state index contributed by atoms with van der Waals surface area (Å²) >= 11 is 0. The van der Waals surface area contributed by atoms with Gasteiger partial charge in [0.25, 0.3) is 0 Å². The van der Waals surface area contributed by atoms with Crippen LogP contribution < -0.4 is 16.4 Å². The number of ether oxygens (including phenoxy) is 1. The average molecular weight is 215 g/mol. The SMILES string of the molecule is CNC[C@H](CC1CCOCC1)NC(N)=O. The Hall–Kier alpha value is -0.810. The van der Waals surface area contributed by atoms with E-state index < -0.39 is 6.03 Å². The van der Waals surface area contributed by atoms with Gasteiger partial charge in [0, 0.05) is 25.8 Å². The standard InChI is InChI=1S/C10H21N3O2/c1-12-7-9(13-10(11)14)6-8-2-4-15-5-3-8/h8-9,12H,2-7H2,1H3,(H3,11,13,14)/t9-/m0/s1. The molecule has 0 spiro atoms. The average Bonchev–Trinajstić information content (AvgIpc) is 2.18. The van der Waals surface area contributed by atoms with Crippen molar-refractivity contribution in [3.63, 3.8) is 0 Å². The monoisotopic (exact) mass is 215 g/mol. The van der Waals surface area contributed by atoms with Crippen LogP contribution >= 0.6 is 0 Å². The fourth-order valence-electron chi connectivity index (χ4n) is 2.03. The summed E-state index contributed by atoms with van der Waals surface area (Å²) in [4.78, 5) is 10.8. The van der Waals surface area contributed by atoms with Gasteiger partial charge < -0.3 is 21.1 Å². The number of nitrogens with one attached hydrogen (secondary N) is 2. The first kappa shape index (κ1) is 12.3. The molecular formula is C10H21N3O2. The smallest absolute Gasteiger partial charge is 0.312 e. The fraction of sp³-hybridized carbons (Fsp3) is 0.900. The minimum atomic E-state index is -0.442. The third-order valence-corrected chi connectivity index (χ3v) is 2.76. The number of primary amides is 1. The molecule has 1 aliphatic heterocycles. The number of likely N-dealkylation sites (N-methyl/N-ethyl adjacent to an activating group) is 1. The van der Waals surface area contributed by atoms with Crippen molar-refractivity contribution in [1.82, 2.24) is 10.6 Å². The Morgan fingerprint density at radius 1 is 1.53 bits per heavy atom. The van der Waals surface area contributed by atoms with E-state index in [4.69, 9.17) is 10.5 Å². The first-order valence-electron chi connectivity index (χ1n) is 5.50. The summed E-state index contributed by atoms with van der Waals surface area (Å²) in [5.74, 6) is 0.643. The van der Waals surface area contributed by atoms with E-state index in [9.17, 15) is 4.79 Å². The lowest BCUT2D eigenvalue weighted by Gasteiger charge is -2.26. The van der Waals surface area contributed by atoms with Crippen LogP contribution in [-0.2, 0) is 4.74 Å². The minimum absolute atomic E-state index is 0.135. The summed E-state index contributed by atoms with van der Waals surface area (Å²) in [6, 6.07) is -0.307. The zero-order valence-corrected chi connectivity index (χ0v) is 9.29. The first-order chi connectivity index (χ1) is 7.22. The molecule has 0 saturated carbocycles. The van der Waals surface area contributed by atoms with E-state index in [2.05, 4.69) is 10.6 Å². The minimum Gasteiger partial charge on any atom is -0.381 e. The zero-order valence-electron chi connectivity index (χ0n) is 9.29. The van der Waals surface area contributed by atoms with Crippen molar-refractivity contribution >= 4 is 6.03 Å². The largest absolute Gasteiger partial charge is 0.381 e. The Morgan fingerprint density at radius 3 is 2.73 bits per heavy atom. The molecule has 1 saturated heterocycles. The Morgan fingerprint density at radius 2 is 2.20 bits per heavy atom. The third-order valence-electron chi connectivity index (χ3n) is 2.76. The van der Waals surface area contributed by atoms with E-state index in [0.717, 1.165) is 39.0 Å². The van der Waals surface area contributed by atoms with Crippen molar-refractivity contribution in [3.05, 3.63) is 0 Å². The van der Waals surface area contributed by atoms with Crippen LogP contribution in [-0.4, -0.2) is 38.9 Å². The summed E-state index contributed by atoms with van der Waals surface area (Å²) in [5, 5.41) is 5.82. The molecule has 0 aromatic carbocycles. The van der Waals surface area contributed by atoms with E-state index in [0.29, 0.717) is 5.92 Å². The molecule has 88 valence electrons. The molecule has 0 aliphatic carbocycles. The Labute approximate surface area is 90.7 Å². The first-order valence-corrected chi connectivity index (χ1v) is 5.50.